The average molecular weight is 243 g/mol. The van der Waals surface area contributed by atoms with E-state index >= 15 is 0 Å². The Hall–Kier alpha value is -1.65. The van der Waals surface area contributed by atoms with Gasteiger partial charge in [0.25, 0.3) is 0 Å². The molecule has 17 heavy (non-hydrogen) atoms. The summed E-state index contributed by atoms with van der Waals surface area (Å²) in [4.78, 5) is 1.31. The zero-order valence-electron chi connectivity index (χ0n) is 9.34. The summed E-state index contributed by atoms with van der Waals surface area (Å²) in [5.74, 6) is 0. The summed E-state index contributed by atoms with van der Waals surface area (Å²) < 4.78 is 2.03. The van der Waals surface area contributed by atoms with Crippen LogP contribution in [0.5, 0.6) is 0 Å². The van der Waals surface area contributed by atoms with Crippen molar-refractivity contribution in [3.63, 3.8) is 0 Å². The number of rotatable bonds is 3. The Morgan fingerprint density at radius 2 is 2.06 bits per heavy atom. The summed E-state index contributed by atoms with van der Waals surface area (Å²) in [7, 11) is 0. The molecule has 0 fully saturated rings. The normalized spacial score (nSPS) is 11.1. The quantitative estimate of drug-likeness (QED) is 0.768. The molecule has 2 N–H and O–H groups in total. The lowest BCUT2D eigenvalue weighted by Gasteiger charge is -2.00. The summed E-state index contributed by atoms with van der Waals surface area (Å²) in [6.45, 7) is 1.30. The molecule has 0 saturated carbocycles. The topological polar surface area (TPSA) is 43.8 Å². The third-order valence-electron chi connectivity index (χ3n) is 2.81. The van der Waals surface area contributed by atoms with Crippen LogP contribution in [0.25, 0.3) is 10.9 Å². The molecule has 0 unspecified atom stereocenters. The predicted molar refractivity (Wildman–Crippen MR) is 71.0 cm³/mol. The van der Waals surface area contributed by atoms with Crippen LogP contribution in [0.4, 0.5) is 0 Å². The number of nitrogens with two attached hydrogens (primary N) is 1. The number of para-hydroxylation sites is 1. The summed E-state index contributed by atoms with van der Waals surface area (Å²) >= 11 is 1.75. The van der Waals surface area contributed by atoms with Crippen LogP contribution in [0.3, 0.4) is 0 Å². The Balaban J connectivity index is 2.10. The summed E-state index contributed by atoms with van der Waals surface area (Å²) in [5.41, 5.74) is 7.85. The number of aromatic nitrogens is 2. The Kier molecular flexibility index (Phi) is 2.66. The first-order valence-corrected chi connectivity index (χ1v) is 6.43. The molecule has 0 aliphatic heterocycles. The Bertz CT molecular complexity index is 625. The van der Waals surface area contributed by atoms with Gasteiger partial charge in [0.1, 0.15) is 0 Å². The van der Waals surface area contributed by atoms with E-state index in [1.54, 1.807) is 11.3 Å². The SMILES string of the molecule is NCc1nn(Cc2cccs2)c2ccccc12. The maximum atomic E-state index is 5.73. The first-order valence-electron chi connectivity index (χ1n) is 5.55. The van der Waals surface area contributed by atoms with E-state index in [9.17, 15) is 0 Å². The van der Waals surface area contributed by atoms with Crippen molar-refractivity contribution in [2.45, 2.75) is 13.1 Å². The lowest BCUT2D eigenvalue weighted by molar-refractivity contribution is 0.701. The van der Waals surface area contributed by atoms with E-state index in [2.05, 4.69) is 34.7 Å². The lowest BCUT2D eigenvalue weighted by atomic mass is 10.2. The molecule has 0 saturated heterocycles. The van der Waals surface area contributed by atoms with Crippen LogP contribution >= 0.6 is 11.3 Å². The molecule has 3 nitrogen and oxygen atoms in total. The molecule has 2 aromatic heterocycles. The molecule has 0 radical (unpaired) electrons. The van der Waals surface area contributed by atoms with Gasteiger partial charge in [-0.3, -0.25) is 4.68 Å². The monoisotopic (exact) mass is 243 g/mol. The van der Waals surface area contributed by atoms with Crippen LogP contribution in [0.2, 0.25) is 0 Å². The summed E-state index contributed by atoms with van der Waals surface area (Å²) in [6, 6.07) is 12.4. The molecule has 2 heterocycles. The largest absolute Gasteiger partial charge is 0.325 e. The maximum Gasteiger partial charge on any atom is 0.0839 e. The second-order valence-corrected chi connectivity index (χ2v) is 4.94. The van der Waals surface area contributed by atoms with Crippen molar-refractivity contribution in [3.05, 3.63) is 52.3 Å². The second kappa shape index (κ2) is 4.31. The zero-order valence-corrected chi connectivity index (χ0v) is 10.2. The number of nitrogens with zero attached hydrogens (tertiary/aromatic N) is 2. The highest BCUT2D eigenvalue weighted by Crippen LogP contribution is 2.20. The molecule has 3 aromatic rings. The molecule has 1 aromatic carbocycles. The van der Waals surface area contributed by atoms with Crippen molar-refractivity contribution in [2.75, 3.05) is 0 Å². The molecule has 0 aliphatic carbocycles. The van der Waals surface area contributed by atoms with E-state index in [0.29, 0.717) is 6.54 Å². The molecule has 0 spiro atoms. The fourth-order valence-electron chi connectivity index (χ4n) is 2.02. The number of hydrogen-bond acceptors (Lipinski definition) is 3. The number of thiophene rings is 1. The molecule has 0 amide bonds. The molecule has 4 heteroatoms. The zero-order chi connectivity index (χ0) is 11.7. The van der Waals surface area contributed by atoms with Crippen molar-refractivity contribution in [2.24, 2.45) is 5.73 Å². The van der Waals surface area contributed by atoms with Crippen molar-refractivity contribution < 1.29 is 0 Å². The van der Waals surface area contributed by atoms with E-state index in [-0.39, 0.29) is 0 Å². The van der Waals surface area contributed by atoms with Crippen molar-refractivity contribution >= 4 is 22.2 Å². The number of fused-ring (bicyclic) bond motifs is 1. The first kappa shape index (κ1) is 10.5. The minimum absolute atomic E-state index is 0.484. The van der Waals surface area contributed by atoms with Crippen LogP contribution in [0, 0.1) is 0 Å². The van der Waals surface area contributed by atoms with Crippen LogP contribution < -0.4 is 5.73 Å². The van der Waals surface area contributed by atoms with Crippen LogP contribution in [-0.4, -0.2) is 9.78 Å². The van der Waals surface area contributed by atoms with Gasteiger partial charge in [-0.15, -0.1) is 11.3 Å². The number of hydrogen-bond donors (Lipinski definition) is 1. The minimum atomic E-state index is 0.484. The molecule has 0 bridgehead atoms. The van der Waals surface area contributed by atoms with Gasteiger partial charge >= 0.3 is 0 Å². The fraction of sp³-hybridized carbons (Fsp3) is 0.154. The van der Waals surface area contributed by atoms with E-state index in [4.69, 9.17) is 5.73 Å². The maximum absolute atomic E-state index is 5.73. The molecule has 0 atom stereocenters. The second-order valence-electron chi connectivity index (χ2n) is 3.90. The van der Waals surface area contributed by atoms with Gasteiger partial charge in [-0.1, -0.05) is 24.3 Å². The molecule has 86 valence electrons. The Morgan fingerprint density at radius 1 is 1.18 bits per heavy atom. The van der Waals surface area contributed by atoms with E-state index in [1.165, 1.54) is 4.88 Å². The Labute approximate surface area is 103 Å². The molecule has 0 aliphatic rings. The highest BCUT2D eigenvalue weighted by atomic mass is 32.1. The highest BCUT2D eigenvalue weighted by molar-refractivity contribution is 7.09. The molecule has 3 rings (SSSR count). The van der Waals surface area contributed by atoms with Gasteiger partial charge in [0, 0.05) is 16.8 Å². The smallest absolute Gasteiger partial charge is 0.0839 e. The Morgan fingerprint density at radius 3 is 2.82 bits per heavy atom. The molecular weight excluding hydrogens is 230 g/mol. The van der Waals surface area contributed by atoms with E-state index in [1.807, 2.05) is 16.8 Å². The third-order valence-corrected chi connectivity index (χ3v) is 3.67. The summed E-state index contributed by atoms with van der Waals surface area (Å²) in [6.07, 6.45) is 0. The van der Waals surface area contributed by atoms with Crippen LogP contribution in [0.15, 0.2) is 41.8 Å². The van der Waals surface area contributed by atoms with Gasteiger partial charge in [-0.2, -0.15) is 5.10 Å². The van der Waals surface area contributed by atoms with Crippen LogP contribution in [-0.2, 0) is 13.1 Å². The fourth-order valence-corrected chi connectivity index (χ4v) is 2.70. The van der Waals surface area contributed by atoms with Crippen molar-refractivity contribution in [1.29, 1.82) is 0 Å². The predicted octanol–water partition coefficient (Wildman–Crippen LogP) is 2.60. The average Bonchev–Trinajstić information content (AvgIpc) is 2.98. The van der Waals surface area contributed by atoms with Gasteiger partial charge in [-0.25, -0.2) is 0 Å². The van der Waals surface area contributed by atoms with Gasteiger partial charge in [0.15, 0.2) is 0 Å². The summed E-state index contributed by atoms with van der Waals surface area (Å²) in [5, 5.41) is 7.83. The van der Waals surface area contributed by atoms with Gasteiger partial charge in [0.05, 0.1) is 17.8 Å². The van der Waals surface area contributed by atoms with Gasteiger partial charge < -0.3 is 5.73 Å². The van der Waals surface area contributed by atoms with Crippen molar-refractivity contribution in [3.8, 4) is 0 Å². The first-order chi connectivity index (χ1) is 8.38. The van der Waals surface area contributed by atoms with Crippen molar-refractivity contribution in [1.82, 2.24) is 9.78 Å². The standard InChI is InChI=1S/C13H13N3S/c14-8-12-11-5-1-2-6-13(11)16(15-12)9-10-4-3-7-17-10/h1-7H,8-9,14H2. The third kappa shape index (κ3) is 1.85. The van der Waals surface area contributed by atoms with Gasteiger partial charge in [0.2, 0.25) is 0 Å². The highest BCUT2D eigenvalue weighted by Gasteiger charge is 2.08. The van der Waals surface area contributed by atoms with Gasteiger partial charge in [-0.05, 0) is 17.5 Å². The minimum Gasteiger partial charge on any atom is -0.325 e. The lowest BCUT2D eigenvalue weighted by Crippen LogP contribution is -2.02. The van der Waals surface area contributed by atoms with Crippen LogP contribution in [0.1, 0.15) is 10.6 Å². The molecular formula is C13H13N3S. The number of benzene rings is 1. The van der Waals surface area contributed by atoms with E-state index < -0.39 is 0 Å². The van der Waals surface area contributed by atoms with E-state index in [0.717, 1.165) is 23.1 Å².